The first-order valence-corrected chi connectivity index (χ1v) is 6.81. The topological polar surface area (TPSA) is 21.3 Å². The van der Waals surface area contributed by atoms with Gasteiger partial charge in [0.15, 0.2) is 0 Å². The van der Waals surface area contributed by atoms with E-state index in [4.69, 9.17) is 4.74 Å². The third-order valence-electron chi connectivity index (χ3n) is 3.48. The standard InChI is InChI=1S/C16H18FNO/c17-9-10-19-16-8-5-12-3-1-2-4-14(12)15(16)11-18-13-6-7-13/h1-5,8,13,18H,6-7,9-11H2. The average molecular weight is 259 g/mol. The van der Waals surface area contributed by atoms with Gasteiger partial charge in [0.2, 0.25) is 0 Å². The van der Waals surface area contributed by atoms with Crippen molar-refractivity contribution in [2.75, 3.05) is 13.3 Å². The van der Waals surface area contributed by atoms with Gasteiger partial charge in [-0.05, 0) is 29.7 Å². The molecule has 3 rings (SSSR count). The Bertz CT molecular complexity index is 566. The number of nitrogens with one attached hydrogen (secondary N) is 1. The van der Waals surface area contributed by atoms with Crippen LogP contribution in [-0.2, 0) is 6.54 Å². The molecule has 1 aliphatic carbocycles. The van der Waals surface area contributed by atoms with Gasteiger partial charge in [-0.15, -0.1) is 0 Å². The fourth-order valence-electron chi connectivity index (χ4n) is 2.32. The summed E-state index contributed by atoms with van der Waals surface area (Å²) in [6, 6.07) is 12.9. The first kappa shape index (κ1) is 12.4. The smallest absolute Gasteiger partial charge is 0.124 e. The second kappa shape index (κ2) is 5.57. The molecule has 0 bridgehead atoms. The SMILES string of the molecule is FCCOc1ccc2ccccc2c1CNC1CC1. The number of rotatable bonds is 6. The Morgan fingerprint density at radius 2 is 2.00 bits per heavy atom. The van der Waals surface area contributed by atoms with Gasteiger partial charge in [-0.3, -0.25) is 0 Å². The van der Waals surface area contributed by atoms with Gasteiger partial charge in [-0.25, -0.2) is 4.39 Å². The molecule has 3 heteroatoms. The lowest BCUT2D eigenvalue weighted by molar-refractivity contribution is 0.271. The largest absolute Gasteiger partial charge is 0.491 e. The minimum absolute atomic E-state index is 0.120. The minimum atomic E-state index is -0.456. The number of hydrogen-bond donors (Lipinski definition) is 1. The van der Waals surface area contributed by atoms with Gasteiger partial charge in [-0.2, -0.15) is 0 Å². The van der Waals surface area contributed by atoms with Crippen molar-refractivity contribution >= 4 is 10.8 Å². The summed E-state index contributed by atoms with van der Waals surface area (Å²) in [5.41, 5.74) is 1.14. The van der Waals surface area contributed by atoms with Crippen LogP contribution < -0.4 is 10.1 Å². The monoisotopic (exact) mass is 259 g/mol. The molecule has 0 spiro atoms. The van der Waals surface area contributed by atoms with E-state index in [2.05, 4.69) is 17.4 Å². The van der Waals surface area contributed by atoms with E-state index >= 15 is 0 Å². The molecule has 0 atom stereocenters. The van der Waals surface area contributed by atoms with Gasteiger partial charge < -0.3 is 10.1 Å². The van der Waals surface area contributed by atoms with Crippen molar-refractivity contribution in [2.24, 2.45) is 0 Å². The maximum atomic E-state index is 12.3. The number of fused-ring (bicyclic) bond motifs is 1. The van der Waals surface area contributed by atoms with Crippen molar-refractivity contribution in [3.8, 4) is 5.75 Å². The Morgan fingerprint density at radius 3 is 2.79 bits per heavy atom. The van der Waals surface area contributed by atoms with Crippen molar-refractivity contribution in [1.82, 2.24) is 5.32 Å². The van der Waals surface area contributed by atoms with Crippen LogP contribution in [0.1, 0.15) is 18.4 Å². The van der Waals surface area contributed by atoms with Gasteiger partial charge in [0, 0.05) is 18.2 Å². The number of halogens is 1. The van der Waals surface area contributed by atoms with Crippen molar-refractivity contribution < 1.29 is 9.13 Å². The lowest BCUT2D eigenvalue weighted by Crippen LogP contribution is -2.16. The fourth-order valence-corrected chi connectivity index (χ4v) is 2.32. The highest BCUT2D eigenvalue weighted by Gasteiger charge is 2.21. The summed E-state index contributed by atoms with van der Waals surface area (Å²) in [6.07, 6.45) is 2.51. The Morgan fingerprint density at radius 1 is 1.16 bits per heavy atom. The number of hydrogen-bond acceptors (Lipinski definition) is 2. The van der Waals surface area contributed by atoms with Crippen molar-refractivity contribution in [3.05, 3.63) is 42.0 Å². The maximum absolute atomic E-state index is 12.3. The molecule has 2 aromatic carbocycles. The van der Waals surface area contributed by atoms with Crippen LogP contribution in [0.4, 0.5) is 4.39 Å². The minimum Gasteiger partial charge on any atom is -0.491 e. The molecule has 1 saturated carbocycles. The molecule has 0 aliphatic heterocycles. The molecule has 19 heavy (non-hydrogen) atoms. The molecule has 0 heterocycles. The fraction of sp³-hybridized carbons (Fsp3) is 0.375. The van der Waals surface area contributed by atoms with E-state index in [1.54, 1.807) is 0 Å². The van der Waals surface area contributed by atoms with E-state index in [0.717, 1.165) is 17.9 Å². The van der Waals surface area contributed by atoms with E-state index in [0.29, 0.717) is 6.04 Å². The van der Waals surface area contributed by atoms with E-state index in [-0.39, 0.29) is 6.61 Å². The molecule has 0 radical (unpaired) electrons. The van der Waals surface area contributed by atoms with Gasteiger partial charge in [0.25, 0.3) is 0 Å². The second-order valence-corrected chi connectivity index (χ2v) is 4.96. The molecule has 0 amide bonds. The van der Waals surface area contributed by atoms with Crippen LogP contribution in [0.5, 0.6) is 5.75 Å². The molecule has 0 saturated heterocycles. The lowest BCUT2D eigenvalue weighted by atomic mass is 10.0. The molecule has 2 nitrogen and oxygen atoms in total. The average Bonchev–Trinajstić information content (AvgIpc) is 3.27. The van der Waals surface area contributed by atoms with Crippen LogP contribution in [-0.4, -0.2) is 19.3 Å². The van der Waals surface area contributed by atoms with Crippen molar-refractivity contribution in [1.29, 1.82) is 0 Å². The predicted octanol–water partition coefficient (Wildman–Crippen LogP) is 3.44. The highest BCUT2D eigenvalue weighted by atomic mass is 19.1. The van der Waals surface area contributed by atoms with Gasteiger partial charge in [0.1, 0.15) is 19.0 Å². The van der Waals surface area contributed by atoms with Gasteiger partial charge in [0.05, 0.1) is 0 Å². The number of benzene rings is 2. The lowest BCUT2D eigenvalue weighted by Gasteiger charge is -2.14. The number of alkyl halides is 1. The zero-order valence-electron chi connectivity index (χ0n) is 10.9. The van der Waals surface area contributed by atoms with Crippen LogP contribution in [0.15, 0.2) is 36.4 Å². The summed E-state index contributed by atoms with van der Waals surface area (Å²) in [6.45, 7) is 0.449. The van der Waals surface area contributed by atoms with Gasteiger partial charge >= 0.3 is 0 Å². The van der Waals surface area contributed by atoms with Crippen LogP contribution >= 0.6 is 0 Å². The zero-order chi connectivity index (χ0) is 13.1. The molecule has 0 unspecified atom stereocenters. The molecule has 100 valence electrons. The summed E-state index contributed by atoms with van der Waals surface area (Å²) >= 11 is 0. The Kier molecular flexibility index (Phi) is 3.65. The van der Waals surface area contributed by atoms with E-state index in [1.165, 1.54) is 23.6 Å². The molecule has 0 aromatic heterocycles. The molecule has 1 aliphatic rings. The van der Waals surface area contributed by atoms with Crippen LogP contribution in [0.3, 0.4) is 0 Å². The van der Waals surface area contributed by atoms with Gasteiger partial charge in [-0.1, -0.05) is 30.3 Å². The summed E-state index contributed by atoms with van der Waals surface area (Å²) in [7, 11) is 0. The summed E-state index contributed by atoms with van der Waals surface area (Å²) < 4.78 is 17.8. The van der Waals surface area contributed by atoms with E-state index in [1.807, 2.05) is 24.3 Å². The molecule has 2 aromatic rings. The highest BCUT2D eigenvalue weighted by Crippen LogP contribution is 2.29. The Labute approximate surface area is 112 Å². The first-order valence-electron chi connectivity index (χ1n) is 6.81. The number of ether oxygens (including phenoxy) is 1. The normalized spacial score (nSPS) is 14.8. The highest BCUT2D eigenvalue weighted by molar-refractivity contribution is 5.87. The Hall–Kier alpha value is -1.61. The van der Waals surface area contributed by atoms with Crippen molar-refractivity contribution in [2.45, 2.75) is 25.4 Å². The predicted molar refractivity (Wildman–Crippen MR) is 75.3 cm³/mol. The van der Waals surface area contributed by atoms with Crippen LogP contribution in [0, 0.1) is 0 Å². The summed E-state index contributed by atoms with van der Waals surface area (Å²) in [5.74, 6) is 0.796. The Balaban J connectivity index is 1.94. The zero-order valence-corrected chi connectivity index (χ0v) is 10.9. The summed E-state index contributed by atoms with van der Waals surface area (Å²) in [4.78, 5) is 0. The van der Waals surface area contributed by atoms with E-state index in [9.17, 15) is 4.39 Å². The molecule has 1 N–H and O–H groups in total. The third kappa shape index (κ3) is 2.87. The molecule has 1 fully saturated rings. The summed E-state index contributed by atoms with van der Waals surface area (Å²) in [5, 5.41) is 5.89. The van der Waals surface area contributed by atoms with E-state index < -0.39 is 6.67 Å². The molecular formula is C16H18FNO. The molecular weight excluding hydrogens is 241 g/mol. The van der Waals surface area contributed by atoms with Crippen molar-refractivity contribution in [3.63, 3.8) is 0 Å². The van der Waals surface area contributed by atoms with Crippen LogP contribution in [0.2, 0.25) is 0 Å². The first-order chi connectivity index (χ1) is 9.38. The third-order valence-corrected chi connectivity index (χ3v) is 3.48. The van der Waals surface area contributed by atoms with Crippen LogP contribution in [0.25, 0.3) is 10.8 Å². The second-order valence-electron chi connectivity index (χ2n) is 4.96. The quantitative estimate of drug-likeness (QED) is 0.858. The maximum Gasteiger partial charge on any atom is 0.124 e.